The third kappa shape index (κ3) is 3.70. The maximum atomic E-state index is 11.0. The third-order valence-electron chi connectivity index (χ3n) is 3.60. The first-order chi connectivity index (χ1) is 9.08. The number of carboxylic acid groups (broad SMARTS) is 1. The summed E-state index contributed by atoms with van der Waals surface area (Å²) < 4.78 is 1.06. The fourth-order valence-electron chi connectivity index (χ4n) is 2.53. The van der Waals surface area contributed by atoms with Gasteiger partial charge in [-0.25, -0.2) is 0 Å². The Morgan fingerprint density at radius 2 is 2.16 bits per heavy atom. The summed E-state index contributed by atoms with van der Waals surface area (Å²) in [6.07, 6.45) is 1.24. The van der Waals surface area contributed by atoms with Crippen LogP contribution in [0.5, 0.6) is 0 Å². The van der Waals surface area contributed by atoms with Crippen molar-refractivity contribution in [2.75, 3.05) is 31.6 Å². The van der Waals surface area contributed by atoms with Gasteiger partial charge in [-0.1, -0.05) is 12.1 Å². The number of aliphatic carboxylic acids is 1. The van der Waals surface area contributed by atoms with Gasteiger partial charge < -0.3 is 14.9 Å². The van der Waals surface area contributed by atoms with Crippen molar-refractivity contribution >= 4 is 27.6 Å². The Hall–Kier alpha value is -1.07. The van der Waals surface area contributed by atoms with Gasteiger partial charge in [-0.2, -0.15) is 0 Å². The van der Waals surface area contributed by atoms with Crippen molar-refractivity contribution in [3.05, 3.63) is 28.7 Å². The van der Waals surface area contributed by atoms with Crippen LogP contribution in [0.2, 0.25) is 0 Å². The standard InChI is InChI=1S/C14H19BrN2O2/c1-16-7-4-8-17(10-11(16)9-14(18)19)13-6-3-2-5-12(13)15/h2-3,5-6,11H,4,7-10H2,1H3,(H,18,19). The summed E-state index contributed by atoms with van der Waals surface area (Å²) in [6.45, 7) is 2.66. The van der Waals surface area contributed by atoms with Crippen LogP contribution >= 0.6 is 15.9 Å². The van der Waals surface area contributed by atoms with Crippen molar-refractivity contribution in [3.63, 3.8) is 0 Å². The van der Waals surface area contributed by atoms with Gasteiger partial charge in [0.05, 0.1) is 12.1 Å². The average molecular weight is 327 g/mol. The van der Waals surface area contributed by atoms with Crippen molar-refractivity contribution < 1.29 is 9.90 Å². The summed E-state index contributed by atoms with van der Waals surface area (Å²) in [5, 5.41) is 9.03. The Morgan fingerprint density at radius 3 is 2.84 bits per heavy atom. The molecule has 1 aliphatic heterocycles. The van der Waals surface area contributed by atoms with Gasteiger partial charge in [0.2, 0.25) is 0 Å². The molecule has 0 radical (unpaired) electrons. The summed E-state index contributed by atoms with van der Waals surface area (Å²) >= 11 is 3.57. The van der Waals surface area contributed by atoms with Crippen LogP contribution in [0, 0.1) is 0 Å². The molecule has 1 heterocycles. The van der Waals surface area contributed by atoms with Crippen molar-refractivity contribution in [3.8, 4) is 0 Å². The molecule has 104 valence electrons. The van der Waals surface area contributed by atoms with E-state index in [9.17, 15) is 4.79 Å². The molecule has 0 amide bonds. The summed E-state index contributed by atoms with van der Waals surface area (Å²) in [6, 6.07) is 8.17. The van der Waals surface area contributed by atoms with Gasteiger partial charge in [-0.15, -0.1) is 0 Å². The van der Waals surface area contributed by atoms with Gasteiger partial charge in [-0.05, 0) is 48.1 Å². The van der Waals surface area contributed by atoms with E-state index in [1.165, 1.54) is 0 Å². The van der Waals surface area contributed by atoms with E-state index < -0.39 is 5.97 Å². The van der Waals surface area contributed by atoms with Gasteiger partial charge in [0, 0.05) is 23.6 Å². The van der Waals surface area contributed by atoms with Crippen molar-refractivity contribution in [1.82, 2.24) is 4.90 Å². The Labute approximate surface area is 122 Å². The van der Waals surface area contributed by atoms with Gasteiger partial charge in [-0.3, -0.25) is 4.79 Å². The van der Waals surface area contributed by atoms with Crippen molar-refractivity contribution in [2.45, 2.75) is 18.9 Å². The first kappa shape index (κ1) is 14.3. The number of hydrogen-bond donors (Lipinski definition) is 1. The monoisotopic (exact) mass is 326 g/mol. The Bertz CT molecular complexity index is 453. The highest BCUT2D eigenvalue weighted by Crippen LogP contribution is 2.27. The molecule has 1 aromatic rings. The number of likely N-dealkylation sites (N-methyl/N-ethyl adjacent to an activating group) is 1. The molecule has 0 bridgehead atoms. The molecule has 0 aliphatic carbocycles. The maximum Gasteiger partial charge on any atom is 0.305 e. The number of rotatable bonds is 3. The number of benzene rings is 1. The van der Waals surface area contributed by atoms with Gasteiger partial charge >= 0.3 is 5.97 Å². The zero-order valence-electron chi connectivity index (χ0n) is 11.1. The maximum absolute atomic E-state index is 11.0. The average Bonchev–Trinajstić information content (AvgIpc) is 2.52. The lowest BCUT2D eigenvalue weighted by Gasteiger charge is -2.29. The number of nitrogens with zero attached hydrogens (tertiary/aromatic N) is 2. The minimum absolute atomic E-state index is 0.0621. The number of hydrogen-bond acceptors (Lipinski definition) is 3. The van der Waals surface area contributed by atoms with Crippen LogP contribution in [-0.2, 0) is 4.79 Å². The molecule has 1 aliphatic rings. The molecular weight excluding hydrogens is 308 g/mol. The second-order valence-electron chi connectivity index (χ2n) is 4.98. The summed E-state index contributed by atoms with van der Waals surface area (Å²) in [5.74, 6) is -0.731. The van der Waals surface area contributed by atoms with E-state index in [0.29, 0.717) is 0 Å². The van der Waals surface area contributed by atoms with Crippen LogP contribution in [0.25, 0.3) is 0 Å². The predicted molar refractivity (Wildman–Crippen MR) is 79.6 cm³/mol. The zero-order chi connectivity index (χ0) is 13.8. The van der Waals surface area contributed by atoms with Gasteiger partial charge in [0.25, 0.3) is 0 Å². The molecule has 1 saturated heterocycles. The molecule has 19 heavy (non-hydrogen) atoms. The highest BCUT2D eigenvalue weighted by molar-refractivity contribution is 9.10. The molecule has 1 unspecified atom stereocenters. The molecule has 1 N–H and O–H groups in total. The normalized spacial score (nSPS) is 21.2. The summed E-state index contributed by atoms with van der Waals surface area (Å²) in [4.78, 5) is 15.4. The van der Waals surface area contributed by atoms with Crippen LogP contribution in [0.4, 0.5) is 5.69 Å². The topological polar surface area (TPSA) is 43.8 Å². The van der Waals surface area contributed by atoms with E-state index in [4.69, 9.17) is 5.11 Å². The fourth-order valence-corrected chi connectivity index (χ4v) is 3.06. The number of anilines is 1. The number of halogens is 1. The van der Waals surface area contributed by atoms with Gasteiger partial charge in [0.15, 0.2) is 0 Å². The molecule has 1 aromatic carbocycles. The van der Waals surface area contributed by atoms with Crippen LogP contribution in [0.3, 0.4) is 0 Å². The van der Waals surface area contributed by atoms with Crippen molar-refractivity contribution in [1.29, 1.82) is 0 Å². The lowest BCUT2D eigenvalue weighted by Crippen LogP contribution is -2.40. The molecule has 5 heteroatoms. The Balaban J connectivity index is 2.17. The predicted octanol–water partition coefficient (Wildman–Crippen LogP) is 2.43. The highest BCUT2D eigenvalue weighted by atomic mass is 79.9. The van der Waals surface area contributed by atoms with E-state index in [-0.39, 0.29) is 12.5 Å². The molecule has 0 aromatic heterocycles. The van der Waals surface area contributed by atoms with E-state index >= 15 is 0 Å². The molecule has 0 saturated carbocycles. The number of carboxylic acids is 1. The summed E-state index contributed by atoms with van der Waals surface area (Å²) in [5.41, 5.74) is 1.15. The second kappa shape index (κ2) is 6.39. The van der Waals surface area contributed by atoms with Gasteiger partial charge in [0.1, 0.15) is 0 Å². The smallest absolute Gasteiger partial charge is 0.305 e. The summed E-state index contributed by atoms with van der Waals surface area (Å²) in [7, 11) is 2.01. The SMILES string of the molecule is CN1CCCN(c2ccccc2Br)CC1CC(=O)O. The molecule has 4 nitrogen and oxygen atoms in total. The second-order valence-corrected chi connectivity index (χ2v) is 5.84. The lowest BCUT2D eigenvalue weighted by molar-refractivity contribution is -0.138. The molecular formula is C14H19BrN2O2. The fraction of sp³-hybridized carbons (Fsp3) is 0.500. The van der Waals surface area contributed by atoms with E-state index in [0.717, 1.165) is 36.2 Å². The first-order valence-electron chi connectivity index (χ1n) is 6.49. The number of para-hydroxylation sites is 1. The Morgan fingerprint density at radius 1 is 1.42 bits per heavy atom. The minimum atomic E-state index is -0.731. The molecule has 1 atom stereocenters. The minimum Gasteiger partial charge on any atom is -0.481 e. The number of carbonyl (C=O) groups is 1. The van der Waals surface area contributed by atoms with Crippen LogP contribution in [0.1, 0.15) is 12.8 Å². The molecule has 1 fully saturated rings. The first-order valence-corrected chi connectivity index (χ1v) is 7.28. The highest BCUT2D eigenvalue weighted by Gasteiger charge is 2.25. The zero-order valence-corrected chi connectivity index (χ0v) is 12.6. The largest absolute Gasteiger partial charge is 0.481 e. The molecule has 2 rings (SSSR count). The van der Waals surface area contributed by atoms with Crippen LogP contribution < -0.4 is 4.90 Å². The quantitative estimate of drug-likeness (QED) is 0.926. The van der Waals surface area contributed by atoms with Crippen molar-refractivity contribution in [2.24, 2.45) is 0 Å². The van der Waals surface area contributed by atoms with Crippen LogP contribution in [0.15, 0.2) is 28.7 Å². The van der Waals surface area contributed by atoms with E-state index in [1.54, 1.807) is 0 Å². The molecule has 0 spiro atoms. The lowest BCUT2D eigenvalue weighted by atomic mass is 10.1. The van der Waals surface area contributed by atoms with Crippen LogP contribution in [-0.4, -0.2) is 48.7 Å². The Kier molecular flexibility index (Phi) is 4.82. The van der Waals surface area contributed by atoms with E-state index in [2.05, 4.69) is 31.8 Å². The van der Waals surface area contributed by atoms with E-state index in [1.807, 2.05) is 25.2 Å². The third-order valence-corrected chi connectivity index (χ3v) is 4.27.